The second-order valence-electron chi connectivity index (χ2n) is 2.46. The quantitative estimate of drug-likeness (QED) is 0.658. The van der Waals surface area contributed by atoms with Gasteiger partial charge in [-0.25, -0.2) is 0 Å². The Kier molecular flexibility index (Phi) is 4.52. The van der Waals surface area contributed by atoms with E-state index < -0.39 is 10.7 Å². The summed E-state index contributed by atoms with van der Waals surface area (Å²) in [7, 11) is 0. The molecule has 2 N–H and O–H groups in total. The highest BCUT2D eigenvalue weighted by Crippen LogP contribution is 2.28. The van der Waals surface area contributed by atoms with E-state index in [0.29, 0.717) is 12.2 Å². The predicted molar refractivity (Wildman–Crippen MR) is 45.9 cm³/mol. The van der Waals surface area contributed by atoms with E-state index in [1.54, 1.807) is 6.92 Å². The van der Waals surface area contributed by atoms with Crippen LogP contribution >= 0.6 is 11.8 Å². The monoisotopic (exact) mass is 178 g/mol. The van der Waals surface area contributed by atoms with Crippen molar-refractivity contribution in [3.63, 3.8) is 0 Å². The zero-order chi connectivity index (χ0) is 8.91. The molecule has 0 aliphatic carbocycles. The summed E-state index contributed by atoms with van der Waals surface area (Å²) in [6.07, 6.45) is 0.576. The molecule has 1 unspecified atom stereocenters. The molecule has 0 amide bonds. The molecule has 0 aromatic rings. The third kappa shape index (κ3) is 3.12. The van der Waals surface area contributed by atoms with Gasteiger partial charge in [-0.2, -0.15) is 0 Å². The van der Waals surface area contributed by atoms with Crippen LogP contribution in [0.15, 0.2) is 0 Å². The lowest BCUT2D eigenvalue weighted by molar-refractivity contribution is -0.139. The number of carboxylic acid groups (broad SMARTS) is 1. The second kappa shape index (κ2) is 4.62. The average molecular weight is 178 g/mol. The number of rotatable bonds is 5. The second-order valence-corrected chi connectivity index (χ2v) is 4.06. The summed E-state index contributed by atoms with van der Waals surface area (Å²) in [6.45, 7) is 3.54. The van der Waals surface area contributed by atoms with E-state index in [0.717, 1.165) is 0 Å². The molecule has 0 rings (SSSR count). The Labute approximate surface area is 70.8 Å². The average Bonchev–Trinajstić information content (AvgIpc) is 2.00. The van der Waals surface area contributed by atoms with Gasteiger partial charge in [0, 0.05) is 5.75 Å². The number of thioether (sulfide) groups is 1. The topological polar surface area (TPSA) is 57.5 Å². The van der Waals surface area contributed by atoms with Gasteiger partial charge in [0.1, 0.15) is 4.75 Å². The zero-order valence-corrected chi connectivity index (χ0v) is 7.65. The number of aliphatic hydroxyl groups is 1. The van der Waals surface area contributed by atoms with Crippen molar-refractivity contribution in [3.8, 4) is 0 Å². The third-order valence-electron chi connectivity index (χ3n) is 1.64. The minimum atomic E-state index is -0.807. The van der Waals surface area contributed by atoms with E-state index in [9.17, 15) is 4.79 Å². The molecular weight excluding hydrogens is 164 g/mol. The van der Waals surface area contributed by atoms with Crippen molar-refractivity contribution in [1.29, 1.82) is 0 Å². The lowest BCUT2D eigenvalue weighted by Gasteiger charge is -2.21. The molecule has 3 nitrogen and oxygen atoms in total. The Morgan fingerprint density at radius 3 is 2.45 bits per heavy atom. The van der Waals surface area contributed by atoms with Crippen LogP contribution in [0.4, 0.5) is 0 Å². The van der Waals surface area contributed by atoms with Gasteiger partial charge in [0.2, 0.25) is 0 Å². The van der Waals surface area contributed by atoms with Gasteiger partial charge in [0.15, 0.2) is 0 Å². The fourth-order valence-corrected chi connectivity index (χ4v) is 1.46. The number of hydrogen-bond acceptors (Lipinski definition) is 3. The van der Waals surface area contributed by atoms with Gasteiger partial charge in [0.25, 0.3) is 0 Å². The molecule has 1 atom stereocenters. The van der Waals surface area contributed by atoms with Crippen LogP contribution in [-0.4, -0.2) is 33.3 Å². The van der Waals surface area contributed by atoms with Crippen molar-refractivity contribution in [2.24, 2.45) is 0 Å². The first-order chi connectivity index (χ1) is 5.06. The maximum atomic E-state index is 10.7. The third-order valence-corrected chi connectivity index (χ3v) is 3.13. The first kappa shape index (κ1) is 10.8. The highest BCUT2D eigenvalue weighted by molar-refractivity contribution is 8.01. The lowest BCUT2D eigenvalue weighted by Crippen LogP contribution is -2.31. The minimum absolute atomic E-state index is 0.0353. The highest BCUT2D eigenvalue weighted by Gasteiger charge is 2.30. The fraction of sp³-hybridized carbons (Fsp3) is 0.857. The van der Waals surface area contributed by atoms with Gasteiger partial charge >= 0.3 is 5.97 Å². The Balaban J connectivity index is 3.99. The van der Waals surface area contributed by atoms with E-state index >= 15 is 0 Å². The molecule has 4 heteroatoms. The molecule has 0 heterocycles. The lowest BCUT2D eigenvalue weighted by atomic mass is 10.1. The number of carbonyl (C=O) groups is 1. The number of aliphatic carboxylic acids is 1. The summed E-state index contributed by atoms with van der Waals surface area (Å²) in [5.41, 5.74) is 0. The largest absolute Gasteiger partial charge is 0.480 e. The first-order valence-corrected chi connectivity index (χ1v) is 4.53. The van der Waals surface area contributed by atoms with E-state index in [4.69, 9.17) is 10.2 Å². The van der Waals surface area contributed by atoms with Crippen LogP contribution in [0.1, 0.15) is 20.3 Å². The molecule has 0 aromatic heterocycles. The van der Waals surface area contributed by atoms with Crippen LogP contribution in [0.5, 0.6) is 0 Å². The van der Waals surface area contributed by atoms with Gasteiger partial charge in [0.05, 0.1) is 6.61 Å². The van der Waals surface area contributed by atoms with E-state index in [2.05, 4.69) is 0 Å². The summed E-state index contributed by atoms with van der Waals surface area (Å²) in [4.78, 5) is 10.7. The van der Waals surface area contributed by atoms with Gasteiger partial charge in [-0.1, -0.05) is 6.92 Å². The van der Waals surface area contributed by atoms with Gasteiger partial charge in [-0.15, -0.1) is 11.8 Å². The Morgan fingerprint density at radius 1 is 1.64 bits per heavy atom. The van der Waals surface area contributed by atoms with Gasteiger partial charge in [-0.05, 0) is 13.3 Å². The van der Waals surface area contributed by atoms with E-state index in [-0.39, 0.29) is 6.61 Å². The van der Waals surface area contributed by atoms with Crippen molar-refractivity contribution in [3.05, 3.63) is 0 Å². The maximum Gasteiger partial charge on any atom is 0.319 e. The van der Waals surface area contributed by atoms with Crippen LogP contribution in [-0.2, 0) is 4.79 Å². The van der Waals surface area contributed by atoms with Crippen molar-refractivity contribution >= 4 is 17.7 Å². The molecule has 66 valence electrons. The van der Waals surface area contributed by atoms with Crippen molar-refractivity contribution in [2.75, 3.05) is 12.4 Å². The summed E-state index contributed by atoms with van der Waals surface area (Å²) in [5, 5.41) is 17.2. The molecule has 0 bridgehead atoms. The molecule has 0 saturated carbocycles. The Morgan fingerprint density at radius 2 is 2.18 bits per heavy atom. The highest BCUT2D eigenvalue weighted by atomic mass is 32.2. The Hall–Kier alpha value is -0.220. The molecule has 11 heavy (non-hydrogen) atoms. The van der Waals surface area contributed by atoms with Crippen molar-refractivity contribution in [1.82, 2.24) is 0 Å². The smallest absolute Gasteiger partial charge is 0.319 e. The van der Waals surface area contributed by atoms with E-state index in [1.165, 1.54) is 11.8 Å². The normalized spacial score (nSPS) is 15.9. The van der Waals surface area contributed by atoms with Gasteiger partial charge in [-0.3, -0.25) is 4.79 Å². The Bertz CT molecular complexity index is 138. The van der Waals surface area contributed by atoms with Crippen LogP contribution in [0.25, 0.3) is 0 Å². The standard InChI is InChI=1S/C7H14O3S/c1-3-7(2,6(9)10)11-5-4-8/h8H,3-5H2,1-2H3,(H,9,10). The van der Waals surface area contributed by atoms with Crippen molar-refractivity contribution in [2.45, 2.75) is 25.0 Å². The molecule has 0 radical (unpaired) electrons. The molecule has 0 spiro atoms. The zero-order valence-electron chi connectivity index (χ0n) is 6.83. The summed E-state index contributed by atoms with van der Waals surface area (Å²) in [6, 6.07) is 0. The van der Waals surface area contributed by atoms with Crippen LogP contribution in [0, 0.1) is 0 Å². The summed E-state index contributed by atoms with van der Waals surface area (Å²) >= 11 is 1.28. The fourth-order valence-electron chi connectivity index (χ4n) is 0.586. The van der Waals surface area contributed by atoms with Gasteiger partial charge < -0.3 is 10.2 Å². The number of carboxylic acids is 1. The van der Waals surface area contributed by atoms with Crippen LogP contribution in [0.2, 0.25) is 0 Å². The minimum Gasteiger partial charge on any atom is -0.480 e. The predicted octanol–water partition coefficient (Wildman–Crippen LogP) is 0.965. The maximum absolute atomic E-state index is 10.7. The number of hydrogen-bond donors (Lipinski definition) is 2. The molecule has 0 aliphatic rings. The van der Waals surface area contributed by atoms with E-state index in [1.807, 2.05) is 6.92 Å². The molecule has 0 fully saturated rings. The SMILES string of the molecule is CCC(C)(SCCO)C(=O)O. The van der Waals surface area contributed by atoms with Crippen molar-refractivity contribution < 1.29 is 15.0 Å². The molecule has 0 aliphatic heterocycles. The van der Waals surface area contributed by atoms with Crippen LogP contribution in [0.3, 0.4) is 0 Å². The van der Waals surface area contributed by atoms with Crippen LogP contribution < -0.4 is 0 Å². The summed E-state index contributed by atoms with van der Waals surface area (Å²) < 4.78 is -0.733. The first-order valence-electron chi connectivity index (χ1n) is 3.55. The molecule has 0 aromatic carbocycles. The summed E-state index contributed by atoms with van der Waals surface area (Å²) in [5.74, 6) is -0.324. The molecule has 0 saturated heterocycles. The molecular formula is C7H14O3S. The number of aliphatic hydroxyl groups excluding tert-OH is 1.